The average molecular weight is 205 g/mol. The smallest absolute Gasteiger partial charge is 0.150 e. The molecule has 1 aliphatic rings. The maximum atomic E-state index is 10.7. The second-order valence-electron chi connectivity index (χ2n) is 4.26. The van der Waals surface area contributed by atoms with Crippen molar-refractivity contribution in [2.75, 3.05) is 20.1 Å². The molecular formula is C12H15NO2. The van der Waals surface area contributed by atoms with E-state index in [1.807, 2.05) is 19.2 Å². The third kappa shape index (κ3) is 1.94. The molecule has 2 rings (SSSR count). The lowest BCUT2D eigenvalue weighted by molar-refractivity contribution is 0.0488. The Morgan fingerprint density at radius 2 is 2.33 bits per heavy atom. The topological polar surface area (TPSA) is 40.5 Å². The first kappa shape index (κ1) is 10.3. The maximum Gasteiger partial charge on any atom is 0.150 e. The summed E-state index contributed by atoms with van der Waals surface area (Å²) >= 11 is 0. The van der Waals surface area contributed by atoms with Crippen molar-refractivity contribution in [2.45, 2.75) is 12.0 Å². The molecule has 3 heteroatoms. The van der Waals surface area contributed by atoms with Gasteiger partial charge in [-0.25, -0.2) is 0 Å². The number of carbonyl (C=O) groups excluding carboxylic acids is 1. The van der Waals surface area contributed by atoms with Gasteiger partial charge >= 0.3 is 0 Å². The van der Waals surface area contributed by atoms with Crippen LogP contribution < -0.4 is 0 Å². The van der Waals surface area contributed by atoms with Crippen LogP contribution in [0.4, 0.5) is 0 Å². The second-order valence-corrected chi connectivity index (χ2v) is 4.26. The highest BCUT2D eigenvalue weighted by molar-refractivity contribution is 5.75. The molecule has 0 bridgehead atoms. The summed E-state index contributed by atoms with van der Waals surface area (Å²) in [6.45, 7) is 1.52. The van der Waals surface area contributed by atoms with Crippen LogP contribution in [0.1, 0.15) is 22.3 Å². The van der Waals surface area contributed by atoms with Crippen LogP contribution in [0.3, 0.4) is 0 Å². The van der Waals surface area contributed by atoms with E-state index in [0.29, 0.717) is 12.1 Å². The van der Waals surface area contributed by atoms with Gasteiger partial charge in [-0.05, 0) is 25.1 Å². The summed E-state index contributed by atoms with van der Waals surface area (Å²) in [5.74, 6) is 0. The number of hydrogen-bond donors (Lipinski definition) is 1. The van der Waals surface area contributed by atoms with Crippen LogP contribution in [0.25, 0.3) is 0 Å². The molecule has 80 valence electrons. The van der Waals surface area contributed by atoms with Crippen LogP contribution in [0.5, 0.6) is 0 Å². The number of β-amino-alcohol motifs (C(OH)–C–C–N with tert-alkyl or cyclic N) is 1. The molecule has 0 radical (unpaired) electrons. The fourth-order valence-corrected chi connectivity index (χ4v) is 2.12. The summed E-state index contributed by atoms with van der Waals surface area (Å²) in [6, 6.07) is 7.21. The van der Waals surface area contributed by atoms with Gasteiger partial charge < -0.3 is 10.0 Å². The van der Waals surface area contributed by atoms with Crippen molar-refractivity contribution < 1.29 is 9.90 Å². The molecule has 0 spiro atoms. The predicted molar refractivity (Wildman–Crippen MR) is 57.8 cm³/mol. The van der Waals surface area contributed by atoms with E-state index >= 15 is 0 Å². The van der Waals surface area contributed by atoms with Crippen molar-refractivity contribution in [3.05, 3.63) is 35.4 Å². The largest absolute Gasteiger partial charge is 0.384 e. The molecule has 0 aliphatic carbocycles. The van der Waals surface area contributed by atoms with E-state index in [2.05, 4.69) is 4.90 Å². The first-order valence-corrected chi connectivity index (χ1v) is 5.11. The monoisotopic (exact) mass is 205 g/mol. The summed E-state index contributed by atoms with van der Waals surface area (Å²) < 4.78 is 0. The summed E-state index contributed by atoms with van der Waals surface area (Å²) in [6.07, 6.45) is 1.54. The minimum atomic E-state index is -0.784. The molecule has 0 saturated carbocycles. The quantitative estimate of drug-likeness (QED) is 0.733. The third-order valence-electron chi connectivity index (χ3n) is 3.00. The van der Waals surface area contributed by atoms with Crippen molar-refractivity contribution in [1.82, 2.24) is 4.90 Å². The first-order chi connectivity index (χ1) is 7.14. The van der Waals surface area contributed by atoms with E-state index in [1.165, 1.54) is 0 Å². The van der Waals surface area contributed by atoms with Crippen LogP contribution in [-0.2, 0) is 5.60 Å². The first-order valence-electron chi connectivity index (χ1n) is 5.11. The average Bonchev–Trinajstić information content (AvgIpc) is 2.60. The van der Waals surface area contributed by atoms with Crippen LogP contribution in [-0.4, -0.2) is 36.4 Å². The lowest BCUT2D eigenvalue weighted by Crippen LogP contribution is -2.29. The molecule has 1 heterocycles. The normalized spacial score (nSPS) is 26.8. The number of likely N-dealkylation sites (tertiary alicyclic amines) is 1. The highest BCUT2D eigenvalue weighted by atomic mass is 16.3. The SMILES string of the molecule is CN1CCC(O)(c2cccc(C=O)c2)C1. The molecule has 1 atom stereocenters. The molecule has 1 saturated heterocycles. The Morgan fingerprint density at radius 3 is 2.93 bits per heavy atom. The highest BCUT2D eigenvalue weighted by Crippen LogP contribution is 2.31. The van der Waals surface area contributed by atoms with Gasteiger partial charge in [0.15, 0.2) is 0 Å². The van der Waals surface area contributed by atoms with Gasteiger partial charge in [-0.2, -0.15) is 0 Å². The van der Waals surface area contributed by atoms with E-state index in [1.54, 1.807) is 12.1 Å². The zero-order valence-corrected chi connectivity index (χ0v) is 8.81. The molecule has 1 aliphatic heterocycles. The van der Waals surface area contributed by atoms with Crippen LogP contribution in [0.15, 0.2) is 24.3 Å². The van der Waals surface area contributed by atoms with Crippen molar-refractivity contribution >= 4 is 6.29 Å². The number of likely N-dealkylation sites (N-methyl/N-ethyl adjacent to an activating group) is 1. The molecule has 3 nitrogen and oxygen atoms in total. The Kier molecular flexibility index (Phi) is 2.59. The Bertz CT molecular complexity index is 378. The minimum Gasteiger partial charge on any atom is -0.384 e. The van der Waals surface area contributed by atoms with E-state index in [0.717, 1.165) is 24.8 Å². The Hall–Kier alpha value is -1.19. The van der Waals surface area contributed by atoms with Gasteiger partial charge in [-0.1, -0.05) is 18.2 Å². The number of carbonyl (C=O) groups is 1. The van der Waals surface area contributed by atoms with E-state index in [-0.39, 0.29) is 0 Å². The Balaban J connectivity index is 2.32. The van der Waals surface area contributed by atoms with Gasteiger partial charge in [0.2, 0.25) is 0 Å². The number of nitrogens with zero attached hydrogens (tertiary/aromatic N) is 1. The fraction of sp³-hybridized carbons (Fsp3) is 0.417. The second kappa shape index (κ2) is 3.76. The van der Waals surface area contributed by atoms with E-state index in [4.69, 9.17) is 0 Å². The van der Waals surface area contributed by atoms with Gasteiger partial charge in [0.25, 0.3) is 0 Å². The zero-order valence-electron chi connectivity index (χ0n) is 8.81. The van der Waals surface area contributed by atoms with Gasteiger partial charge in [-0.15, -0.1) is 0 Å². The molecule has 1 N–H and O–H groups in total. The standard InChI is InChI=1S/C12H15NO2/c1-13-6-5-12(15,9-13)11-4-2-3-10(7-11)8-14/h2-4,7-8,15H,5-6,9H2,1H3. The molecule has 15 heavy (non-hydrogen) atoms. The van der Waals surface area contributed by atoms with Gasteiger partial charge in [-0.3, -0.25) is 4.79 Å². The van der Waals surface area contributed by atoms with Crippen molar-refractivity contribution in [2.24, 2.45) is 0 Å². The summed E-state index contributed by atoms with van der Waals surface area (Å²) in [5, 5.41) is 10.4. The third-order valence-corrected chi connectivity index (χ3v) is 3.00. The Labute approximate surface area is 89.3 Å². The highest BCUT2D eigenvalue weighted by Gasteiger charge is 2.35. The van der Waals surface area contributed by atoms with Gasteiger partial charge in [0.05, 0.1) is 0 Å². The minimum absolute atomic E-state index is 0.621. The molecule has 1 fully saturated rings. The number of aldehydes is 1. The van der Waals surface area contributed by atoms with Gasteiger partial charge in [0, 0.05) is 18.7 Å². The lowest BCUT2D eigenvalue weighted by Gasteiger charge is -2.23. The maximum absolute atomic E-state index is 10.7. The van der Waals surface area contributed by atoms with E-state index < -0.39 is 5.60 Å². The number of hydrogen-bond acceptors (Lipinski definition) is 3. The summed E-state index contributed by atoms with van der Waals surface area (Å²) in [5.41, 5.74) is 0.681. The Morgan fingerprint density at radius 1 is 1.53 bits per heavy atom. The molecule has 1 aromatic carbocycles. The van der Waals surface area contributed by atoms with E-state index in [9.17, 15) is 9.90 Å². The molecule has 1 unspecified atom stereocenters. The predicted octanol–water partition coefficient (Wildman–Crippen LogP) is 1.02. The number of aliphatic hydroxyl groups is 1. The molecule has 1 aromatic rings. The van der Waals surface area contributed by atoms with Crippen LogP contribution in [0, 0.1) is 0 Å². The number of benzene rings is 1. The van der Waals surface area contributed by atoms with Gasteiger partial charge in [0.1, 0.15) is 11.9 Å². The summed E-state index contributed by atoms with van der Waals surface area (Å²) in [4.78, 5) is 12.7. The van der Waals surface area contributed by atoms with Crippen LogP contribution in [0.2, 0.25) is 0 Å². The van der Waals surface area contributed by atoms with Crippen molar-refractivity contribution in [3.63, 3.8) is 0 Å². The lowest BCUT2D eigenvalue weighted by atomic mass is 9.92. The molecule has 0 amide bonds. The van der Waals surface area contributed by atoms with Crippen molar-refractivity contribution in [1.29, 1.82) is 0 Å². The zero-order chi connectivity index (χ0) is 10.9. The fourth-order valence-electron chi connectivity index (χ4n) is 2.12. The van der Waals surface area contributed by atoms with Crippen molar-refractivity contribution in [3.8, 4) is 0 Å². The number of rotatable bonds is 2. The van der Waals surface area contributed by atoms with Crippen LogP contribution >= 0.6 is 0 Å². The molecule has 0 aromatic heterocycles. The summed E-state index contributed by atoms with van der Waals surface area (Å²) in [7, 11) is 1.99. The molecular weight excluding hydrogens is 190 g/mol.